The first-order chi connectivity index (χ1) is 27.5. The Labute approximate surface area is 439 Å². The zero-order valence-electron chi connectivity index (χ0n) is 44.3. The fourth-order valence-electron chi connectivity index (χ4n) is 0. The van der Waals surface area contributed by atoms with Crippen molar-refractivity contribution in [3.05, 3.63) is 0 Å². The SMILES string of the molecule is C.C.C=O.C=S.CC.CC.CC.CC.CC.CC.CC.CC.CC.CC.CC.CC.CC.CC.CC=O.CC=S.CO.CS.CS.O=CO.O=CS.O=CS.S=CS.[3HH].[3HH].[3HH].[3HH].[3HH].[3HH].[3HH].[3HH].[3HH].[3HH].[3HH].[3HH].[3HH]. The largest absolute Gasteiger partial charge is 0.483 e. The summed E-state index contributed by atoms with van der Waals surface area (Å²) in [5, 5.41) is 15.5. The van der Waals surface area contributed by atoms with Crippen LogP contribution in [0.25, 0.3) is 0 Å². The normalized spacial score (nSPS) is 3.22. The number of hydrogen-bond donors (Lipinski definition) is 7. The molecule has 0 radical (unpaired) electrons. The first-order valence-electron chi connectivity index (χ1n) is 19.5. The highest BCUT2D eigenvalue weighted by molar-refractivity contribution is 8.08. The van der Waals surface area contributed by atoms with Gasteiger partial charge in [0.25, 0.3) is 6.47 Å². The zero-order chi connectivity index (χ0) is 54.2. The van der Waals surface area contributed by atoms with Crippen LogP contribution in [-0.2, 0) is 24.0 Å². The van der Waals surface area contributed by atoms with Gasteiger partial charge in [-0.05, 0) is 37.6 Å². The maximum absolute atomic E-state index is 8.81. The molecule has 0 saturated carbocycles. The lowest BCUT2D eigenvalue weighted by atomic mass is 11.0. The predicted molar refractivity (Wildman–Crippen MR) is 353 cm³/mol. The summed E-state index contributed by atoms with van der Waals surface area (Å²) in [6, 6.07) is 0. The average molecular weight is 1060 g/mol. The van der Waals surface area contributed by atoms with Gasteiger partial charge in [0.05, 0.1) is 0 Å². The Morgan fingerprint density at radius 2 is 0.414 bits per heavy atom. The minimum atomic E-state index is -0.250. The molecule has 0 heterocycles. The van der Waals surface area contributed by atoms with Gasteiger partial charge < -0.3 is 19.8 Å². The molecule has 0 aromatic carbocycles. The molecule has 0 spiro atoms. The maximum atomic E-state index is 8.81. The Hall–Kier alpha value is 0.130. The van der Waals surface area contributed by atoms with Gasteiger partial charge in [-0.1, -0.05) is 245 Å². The number of hydrogen-bond acceptors (Lipinski definition) is 11. The molecule has 0 rings (SSSR count). The van der Waals surface area contributed by atoms with E-state index in [1.54, 1.807) is 17.9 Å². The summed E-state index contributed by atoms with van der Waals surface area (Å²) in [4.78, 5) is 42.5. The molecule has 15 heteroatoms. The van der Waals surface area contributed by atoms with E-state index in [0.29, 0.717) is 11.2 Å². The predicted octanol–water partition coefficient (Wildman–Crippen LogP) is 22.0. The van der Waals surface area contributed by atoms with Crippen LogP contribution >= 0.6 is 99.8 Å². The Morgan fingerprint density at radius 3 is 0.414 bits per heavy atom. The van der Waals surface area contributed by atoms with Crippen molar-refractivity contribution < 1.29 is 52.7 Å². The van der Waals surface area contributed by atoms with E-state index >= 15 is 0 Å². The molecule has 0 saturated heterocycles. The smallest absolute Gasteiger partial charge is 0.290 e. The lowest BCUT2D eigenvalue weighted by Crippen LogP contribution is -1.49. The second-order valence-electron chi connectivity index (χ2n) is 0.893. The van der Waals surface area contributed by atoms with Gasteiger partial charge >= 0.3 is 0 Å². The Balaban J connectivity index is -0.00000000369. The standard InChI is InChI=1S/C2H4O.C2H4S.14C2H6.CH2O2.2CH2OS.CH4O.CH2O.CH2S2.2CH4S.CH2S.2CH4.13H2/c2*1-2-3;14*1-2;3*2-1-3;2*1-2;2-1-3;3*1-2;;;;;;;;;;;;;;;/h2*2H,1H3;14*1-2H3;3*1H,(H,2,3);2H,1H3;1H2;1H,(H,2,3);2*2H,1H3;1H2;2*1H4;13*1H/i;;;;;;;;;;;;;;;;;;;;;;;;;;;13*1+2. The molecule has 412 valence electrons. The molecule has 0 aromatic heterocycles. The van der Waals surface area contributed by atoms with Crippen LogP contribution in [0.1, 0.15) is 241 Å². The molecule has 0 aromatic rings. The fraction of sp³-hybridized carbons (Fsp3) is 0.814. The van der Waals surface area contributed by atoms with Crippen LogP contribution in [0, 0.1) is 0 Å². The summed E-state index contributed by atoms with van der Waals surface area (Å²) in [5.74, 6) is 2.83. The summed E-state index contributed by atoms with van der Waals surface area (Å²) in [6.45, 7) is 61.0. The highest BCUT2D eigenvalue weighted by Gasteiger charge is 1.25. The molecule has 0 aliphatic rings. The van der Waals surface area contributed by atoms with E-state index < -0.39 is 0 Å². The van der Waals surface area contributed by atoms with Gasteiger partial charge in [0.1, 0.15) is 13.1 Å². The van der Waals surface area contributed by atoms with Crippen LogP contribution in [0.5, 0.6) is 0 Å². The molecular weight excluding hydrogens is 885 g/mol. The van der Waals surface area contributed by atoms with Crippen molar-refractivity contribution in [2.24, 2.45) is 0 Å². The van der Waals surface area contributed by atoms with Crippen molar-refractivity contribution in [1.82, 2.24) is 0 Å². The highest BCUT2D eigenvalue weighted by atomic mass is 32.1. The summed E-state index contributed by atoms with van der Waals surface area (Å²) >= 11 is 29.0. The monoisotopic (exact) mass is 1060 g/mol. The van der Waals surface area contributed by atoms with Gasteiger partial charge in [-0.2, -0.15) is 25.3 Å². The topological polar surface area (TPSA) is 126 Å². The first kappa shape index (κ1) is 196. The molecule has 0 unspecified atom stereocenters. The van der Waals surface area contributed by atoms with Gasteiger partial charge in [-0.15, -0.1) is 37.9 Å². The summed E-state index contributed by atoms with van der Waals surface area (Å²) in [7, 11) is 1.00. The van der Waals surface area contributed by atoms with Crippen LogP contribution in [0.15, 0.2) is 0 Å². The van der Waals surface area contributed by atoms with E-state index in [-0.39, 0.29) is 39.9 Å². The minimum Gasteiger partial charge on any atom is -0.483 e. The molecule has 0 amide bonds. The van der Waals surface area contributed by atoms with Crippen molar-refractivity contribution >= 4 is 147 Å². The van der Waals surface area contributed by atoms with Crippen molar-refractivity contribution in [2.45, 2.75) is 223 Å². The lowest BCUT2D eigenvalue weighted by Gasteiger charge is -1.34. The third kappa shape index (κ3) is 10100000. The van der Waals surface area contributed by atoms with Gasteiger partial charge in [0.2, 0.25) is 0 Å². The number of carbonyl (C=O) groups is 5. The highest BCUT2D eigenvalue weighted by Crippen LogP contribution is 1.50. The Bertz CT molecular complexity index is 224. The Kier molecular flexibility index (Phi) is 16200. The number of carbonyl (C=O) groups excluding carboxylic acids is 4. The third-order valence-corrected chi connectivity index (χ3v) is 0. The van der Waals surface area contributed by atoms with Crippen molar-refractivity contribution in [1.29, 1.82) is 0 Å². The van der Waals surface area contributed by atoms with Crippen molar-refractivity contribution in [3.8, 4) is 0 Å². The molecule has 58 heavy (non-hydrogen) atoms. The number of aliphatic hydroxyl groups is 1. The van der Waals surface area contributed by atoms with Gasteiger partial charge in [0.15, 0.2) is 11.2 Å². The fourth-order valence-corrected chi connectivity index (χ4v) is 0. The third-order valence-electron chi connectivity index (χ3n) is 0. The molecular formula is C43H150O7S8. The van der Waals surface area contributed by atoms with Gasteiger partial charge in [-0.3, -0.25) is 14.4 Å². The van der Waals surface area contributed by atoms with Crippen LogP contribution in [-0.4, -0.2) is 76.6 Å². The molecule has 2 N–H and O–H groups in total. The van der Waals surface area contributed by atoms with E-state index in [1.165, 1.54) is 11.6 Å². The van der Waals surface area contributed by atoms with E-state index in [2.05, 4.69) is 106 Å². The Morgan fingerprint density at radius 1 is 0.414 bits per heavy atom. The summed E-state index contributed by atoms with van der Waals surface area (Å²) < 4.78 is 1.28. The molecule has 0 aliphatic heterocycles. The van der Waals surface area contributed by atoms with E-state index in [0.717, 1.165) is 13.4 Å². The van der Waals surface area contributed by atoms with Crippen LogP contribution in [0.3, 0.4) is 0 Å². The summed E-state index contributed by atoms with van der Waals surface area (Å²) in [6.07, 6.45) is 4.14. The van der Waals surface area contributed by atoms with Crippen LogP contribution < -0.4 is 0 Å². The molecule has 0 bridgehead atoms. The van der Waals surface area contributed by atoms with Crippen LogP contribution in [0.4, 0.5) is 0 Å². The van der Waals surface area contributed by atoms with E-state index in [1.807, 2.05) is 208 Å². The second-order valence-corrected chi connectivity index (χ2v) is 2.63. The van der Waals surface area contributed by atoms with Gasteiger partial charge in [0, 0.05) is 30.4 Å². The van der Waals surface area contributed by atoms with E-state index in [4.69, 9.17) is 34.2 Å². The number of carboxylic acid groups (broad SMARTS) is 1. The summed E-state index contributed by atoms with van der Waals surface area (Å²) in [5.41, 5.74) is 0.889. The maximum Gasteiger partial charge on any atom is 0.290 e. The number of rotatable bonds is 0. The minimum absolute atomic E-state index is 0. The second kappa shape index (κ2) is 4790. The average Bonchev–Trinajstić information content (AvgIpc) is 3.35. The lowest BCUT2D eigenvalue weighted by molar-refractivity contribution is -0.122. The molecule has 0 fully saturated rings. The quantitative estimate of drug-likeness (QED) is 0.0716. The number of aldehydes is 1. The number of thiol groups is 5. The molecule has 7 nitrogen and oxygen atoms in total. The molecule has 0 aliphatic carbocycles. The van der Waals surface area contributed by atoms with Crippen molar-refractivity contribution in [2.75, 3.05) is 19.6 Å². The van der Waals surface area contributed by atoms with Gasteiger partial charge in [-0.25, -0.2) is 0 Å². The first-order valence-corrected chi connectivity index (χ1v) is 24.4. The van der Waals surface area contributed by atoms with Crippen molar-refractivity contribution in [3.63, 3.8) is 0 Å². The number of thiocarbonyl (C=S) groups is 3. The molecule has 0 atom stereocenters. The zero-order valence-corrected chi connectivity index (χ0v) is 51.2. The van der Waals surface area contributed by atoms with Crippen LogP contribution in [0.2, 0.25) is 0 Å². The number of aliphatic hydroxyl groups excluding tert-OH is 1. The van der Waals surface area contributed by atoms with E-state index in [9.17, 15) is 0 Å².